The Kier molecular flexibility index (Phi) is 62.2. The van der Waals surface area contributed by atoms with Crippen molar-refractivity contribution in [2.75, 3.05) is 13.2 Å². The quantitative estimate of drug-likeness (QED) is 0.0261. The average Bonchev–Trinajstić information content (AvgIpc) is 3.42. The first-order valence-electron chi connectivity index (χ1n) is 33.3. The van der Waals surface area contributed by atoms with Crippen LogP contribution in [0.4, 0.5) is 0 Å². The second-order valence-electron chi connectivity index (χ2n) is 22.4. The highest BCUT2D eigenvalue weighted by Gasteiger charge is 2.19. The van der Waals surface area contributed by atoms with Gasteiger partial charge >= 0.3 is 17.9 Å². The number of unbranched alkanes of at least 4 members (excludes halogenated alkanes) is 40. The summed E-state index contributed by atoms with van der Waals surface area (Å²) in [6.07, 6.45) is 82.4. The lowest BCUT2D eigenvalue weighted by Gasteiger charge is -2.18. The van der Waals surface area contributed by atoms with Gasteiger partial charge in [0.25, 0.3) is 0 Å². The van der Waals surface area contributed by atoms with Crippen molar-refractivity contribution in [3.8, 4) is 0 Å². The van der Waals surface area contributed by atoms with Gasteiger partial charge in [-0.1, -0.05) is 306 Å². The summed E-state index contributed by atoms with van der Waals surface area (Å²) in [5.74, 6) is -0.893. The molecule has 0 saturated carbocycles. The van der Waals surface area contributed by atoms with E-state index < -0.39 is 6.10 Å². The summed E-state index contributed by atoms with van der Waals surface area (Å²) in [4.78, 5) is 38.3. The number of carbonyl (C=O) groups excluding carboxylic acids is 3. The van der Waals surface area contributed by atoms with Crippen LogP contribution in [0.25, 0.3) is 0 Å². The summed E-state index contributed by atoms with van der Waals surface area (Å²) in [5, 5.41) is 0. The predicted molar refractivity (Wildman–Crippen MR) is 330 cm³/mol. The molecule has 1 atom stereocenters. The summed E-state index contributed by atoms with van der Waals surface area (Å²) in [5.41, 5.74) is 0. The Morgan fingerprint density at radius 2 is 0.513 bits per heavy atom. The largest absolute Gasteiger partial charge is 0.462 e. The Hall–Kier alpha value is -2.89. The van der Waals surface area contributed by atoms with Gasteiger partial charge in [0, 0.05) is 19.3 Å². The summed E-state index contributed by atoms with van der Waals surface area (Å²) in [6, 6.07) is 0. The Labute approximate surface area is 472 Å². The molecule has 1 unspecified atom stereocenters. The molecular formula is C70H126O6. The number of allylic oxidation sites excluding steroid dienone is 10. The van der Waals surface area contributed by atoms with Crippen LogP contribution in [0, 0.1) is 0 Å². The van der Waals surface area contributed by atoms with Gasteiger partial charge < -0.3 is 14.2 Å². The number of hydrogen-bond donors (Lipinski definition) is 0. The summed E-state index contributed by atoms with van der Waals surface area (Å²) < 4.78 is 16.9. The summed E-state index contributed by atoms with van der Waals surface area (Å²) in [7, 11) is 0. The Morgan fingerprint density at radius 1 is 0.276 bits per heavy atom. The van der Waals surface area contributed by atoms with Gasteiger partial charge in [-0.3, -0.25) is 14.4 Å². The van der Waals surface area contributed by atoms with Crippen molar-refractivity contribution in [3.63, 3.8) is 0 Å². The van der Waals surface area contributed by atoms with E-state index in [0.717, 1.165) is 89.9 Å². The molecule has 0 aromatic heterocycles. The van der Waals surface area contributed by atoms with Gasteiger partial charge in [0.05, 0.1) is 0 Å². The van der Waals surface area contributed by atoms with Crippen LogP contribution in [0.1, 0.15) is 348 Å². The molecule has 6 nitrogen and oxygen atoms in total. The molecule has 0 bridgehead atoms. The number of hydrogen-bond acceptors (Lipinski definition) is 6. The number of rotatable bonds is 61. The van der Waals surface area contributed by atoms with Crippen molar-refractivity contribution in [2.45, 2.75) is 354 Å². The Bertz CT molecular complexity index is 1360. The van der Waals surface area contributed by atoms with Crippen molar-refractivity contribution in [2.24, 2.45) is 0 Å². The number of carbonyl (C=O) groups is 3. The molecule has 0 N–H and O–H groups in total. The van der Waals surface area contributed by atoms with E-state index in [-0.39, 0.29) is 31.1 Å². The monoisotopic (exact) mass is 1060 g/mol. The minimum absolute atomic E-state index is 0.0815. The van der Waals surface area contributed by atoms with Gasteiger partial charge in [0.2, 0.25) is 0 Å². The van der Waals surface area contributed by atoms with Crippen LogP contribution < -0.4 is 0 Å². The highest BCUT2D eigenvalue weighted by Crippen LogP contribution is 2.18. The highest BCUT2D eigenvalue weighted by molar-refractivity contribution is 5.71. The minimum atomic E-state index is -0.786. The fourth-order valence-electron chi connectivity index (χ4n) is 9.79. The van der Waals surface area contributed by atoms with Gasteiger partial charge in [-0.15, -0.1) is 0 Å². The molecule has 0 saturated heterocycles. The van der Waals surface area contributed by atoms with E-state index in [1.807, 2.05) is 0 Å². The van der Waals surface area contributed by atoms with Crippen molar-refractivity contribution in [1.29, 1.82) is 0 Å². The molecule has 6 heteroatoms. The fourth-order valence-corrected chi connectivity index (χ4v) is 9.79. The van der Waals surface area contributed by atoms with Crippen LogP contribution in [-0.2, 0) is 28.6 Å². The molecule has 0 amide bonds. The molecule has 0 heterocycles. The van der Waals surface area contributed by atoms with Crippen molar-refractivity contribution in [1.82, 2.24) is 0 Å². The topological polar surface area (TPSA) is 78.9 Å². The standard InChI is InChI=1S/C70H126O6/c1-4-7-10-13-16-19-22-25-27-29-31-33-35-37-38-40-42-45-48-51-54-57-60-63-69(72)75-66-67(65-74-68(71)62-59-56-53-50-47-44-24-21-18-15-12-9-6-3)76-70(73)64-61-58-55-52-49-46-43-41-39-36-34-32-30-28-26-23-20-17-14-11-8-5-2/h9,12,18,21-22,25,29,31,44,47,67H,4-8,10-11,13-17,19-20,23-24,26-28,30,32-43,45-46,48-66H2,1-3H3/b12-9-,21-18-,25-22-,31-29-,47-44-. The number of ether oxygens (including phenoxy) is 3. The SMILES string of the molecule is CC/C=C\C/C=C\C/C=C\CCCCCC(=O)OCC(COC(=O)CCCCCCCCCCCCC/C=C\C/C=C\CCCCCCC)OC(=O)CCCCCCCCCCCCCCCCCCCCCCCC. The zero-order chi connectivity index (χ0) is 55.0. The summed E-state index contributed by atoms with van der Waals surface area (Å²) in [6.45, 7) is 6.54. The normalized spacial score (nSPS) is 12.4. The molecule has 0 aromatic rings. The van der Waals surface area contributed by atoms with Crippen LogP contribution in [0.15, 0.2) is 60.8 Å². The zero-order valence-corrected chi connectivity index (χ0v) is 50.8. The lowest BCUT2D eigenvalue weighted by Crippen LogP contribution is -2.30. The minimum Gasteiger partial charge on any atom is -0.462 e. The summed E-state index contributed by atoms with van der Waals surface area (Å²) >= 11 is 0. The van der Waals surface area contributed by atoms with E-state index >= 15 is 0 Å². The molecule has 0 fully saturated rings. The first kappa shape index (κ1) is 73.1. The Morgan fingerprint density at radius 3 is 0.816 bits per heavy atom. The lowest BCUT2D eigenvalue weighted by atomic mass is 10.0. The van der Waals surface area contributed by atoms with E-state index in [0.29, 0.717) is 19.3 Å². The molecule has 76 heavy (non-hydrogen) atoms. The maximum absolute atomic E-state index is 12.9. The van der Waals surface area contributed by atoms with E-state index in [1.165, 1.54) is 218 Å². The molecule has 0 radical (unpaired) electrons. The molecule has 442 valence electrons. The second-order valence-corrected chi connectivity index (χ2v) is 22.4. The van der Waals surface area contributed by atoms with Crippen LogP contribution >= 0.6 is 0 Å². The van der Waals surface area contributed by atoms with Gasteiger partial charge in [0.15, 0.2) is 6.10 Å². The third-order valence-corrected chi connectivity index (χ3v) is 14.8. The van der Waals surface area contributed by atoms with Crippen molar-refractivity contribution >= 4 is 17.9 Å². The van der Waals surface area contributed by atoms with Gasteiger partial charge in [0.1, 0.15) is 13.2 Å². The zero-order valence-electron chi connectivity index (χ0n) is 50.8. The van der Waals surface area contributed by atoms with Gasteiger partial charge in [-0.25, -0.2) is 0 Å². The third kappa shape index (κ3) is 62.0. The van der Waals surface area contributed by atoms with E-state index in [4.69, 9.17) is 14.2 Å². The first-order valence-corrected chi connectivity index (χ1v) is 33.3. The molecule has 0 rings (SSSR count). The maximum Gasteiger partial charge on any atom is 0.306 e. The van der Waals surface area contributed by atoms with E-state index in [1.54, 1.807) is 0 Å². The van der Waals surface area contributed by atoms with Crippen molar-refractivity contribution in [3.05, 3.63) is 60.8 Å². The first-order chi connectivity index (χ1) is 37.5. The van der Waals surface area contributed by atoms with Crippen LogP contribution in [0.2, 0.25) is 0 Å². The molecular weight excluding hydrogens is 937 g/mol. The predicted octanol–water partition coefficient (Wildman–Crippen LogP) is 22.7. The Balaban J connectivity index is 4.29. The number of esters is 3. The van der Waals surface area contributed by atoms with E-state index in [9.17, 15) is 14.4 Å². The molecule has 0 aliphatic heterocycles. The van der Waals surface area contributed by atoms with Crippen molar-refractivity contribution < 1.29 is 28.6 Å². The van der Waals surface area contributed by atoms with Crippen LogP contribution in [0.5, 0.6) is 0 Å². The van der Waals surface area contributed by atoms with E-state index in [2.05, 4.69) is 81.5 Å². The molecule has 0 aliphatic carbocycles. The molecule has 0 spiro atoms. The smallest absolute Gasteiger partial charge is 0.306 e. The molecule has 0 aromatic carbocycles. The highest BCUT2D eigenvalue weighted by atomic mass is 16.6. The average molecular weight is 1060 g/mol. The van der Waals surface area contributed by atoms with Crippen LogP contribution in [-0.4, -0.2) is 37.2 Å². The second kappa shape index (κ2) is 64.6. The molecule has 0 aliphatic rings. The lowest BCUT2D eigenvalue weighted by molar-refractivity contribution is -0.167. The third-order valence-electron chi connectivity index (χ3n) is 14.8. The maximum atomic E-state index is 12.9. The fraction of sp³-hybridized carbons (Fsp3) is 0.814. The van der Waals surface area contributed by atoms with Crippen LogP contribution in [0.3, 0.4) is 0 Å². The van der Waals surface area contributed by atoms with Gasteiger partial charge in [-0.05, 0) is 83.5 Å². The van der Waals surface area contributed by atoms with Gasteiger partial charge in [-0.2, -0.15) is 0 Å².